The van der Waals surface area contributed by atoms with Crippen molar-refractivity contribution in [1.29, 1.82) is 0 Å². The second-order valence-corrected chi connectivity index (χ2v) is 4.85. The average molecular weight is 279 g/mol. The first-order valence-corrected chi connectivity index (χ1v) is 6.36. The normalized spacial score (nSPS) is 11.4. The average Bonchev–Trinajstić information content (AvgIpc) is 2.37. The molecule has 0 radical (unpaired) electrons. The Morgan fingerprint density at radius 3 is 2.25 bits per heavy atom. The standard InChI is InChI=1S/C15H15BF3O/c1-11-8-12(2)15(14(9-11)16(17,18)19)20-10-13-6-4-3-5-7-13/h3-9H,10H2,1-2H3/q-1. The van der Waals surface area contributed by atoms with Crippen LogP contribution in [0.1, 0.15) is 16.7 Å². The molecule has 2 aromatic carbocycles. The van der Waals surface area contributed by atoms with E-state index in [-0.39, 0.29) is 12.4 Å². The molecule has 0 amide bonds. The summed E-state index contributed by atoms with van der Waals surface area (Å²) in [6.45, 7) is -1.67. The van der Waals surface area contributed by atoms with E-state index in [9.17, 15) is 12.9 Å². The smallest absolute Gasteiger partial charge is 0.492 e. The van der Waals surface area contributed by atoms with Crippen molar-refractivity contribution in [3.05, 3.63) is 59.2 Å². The van der Waals surface area contributed by atoms with Crippen molar-refractivity contribution in [1.82, 2.24) is 0 Å². The van der Waals surface area contributed by atoms with E-state index >= 15 is 0 Å². The van der Waals surface area contributed by atoms with Gasteiger partial charge in [0.25, 0.3) is 0 Å². The molecule has 2 aromatic rings. The quantitative estimate of drug-likeness (QED) is 0.770. The first kappa shape index (κ1) is 14.5. The van der Waals surface area contributed by atoms with Gasteiger partial charge in [-0.3, -0.25) is 0 Å². The van der Waals surface area contributed by atoms with Gasteiger partial charge in [0, 0.05) is 0 Å². The van der Waals surface area contributed by atoms with Gasteiger partial charge in [0.15, 0.2) is 0 Å². The number of aryl methyl sites for hydroxylation is 2. The minimum Gasteiger partial charge on any atom is -0.492 e. The van der Waals surface area contributed by atoms with Crippen LogP contribution in [0.3, 0.4) is 0 Å². The summed E-state index contributed by atoms with van der Waals surface area (Å²) in [4.78, 5) is 0. The van der Waals surface area contributed by atoms with Gasteiger partial charge in [-0.1, -0.05) is 53.5 Å². The Morgan fingerprint density at radius 2 is 1.65 bits per heavy atom. The second kappa shape index (κ2) is 5.61. The molecule has 1 nitrogen and oxygen atoms in total. The van der Waals surface area contributed by atoms with E-state index in [1.54, 1.807) is 19.9 Å². The Balaban J connectivity index is 2.31. The summed E-state index contributed by atoms with van der Waals surface area (Å²) < 4.78 is 44.8. The topological polar surface area (TPSA) is 9.23 Å². The van der Waals surface area contributed by atoms with Crippen molar-refractivity contribution in [2.24, 2.45) is 0 Å². The lowest BCUT2D eigenvalue weighted by molar-refractivity contribution is 0.305. The number of hydrogen-bond acceptors (Lipinski definition) is 1. The fraction of sp³-hybridized carbons (Fsp3) is 0.200. The molecule has 106 valence electrons. The summed E-state index contributed by atoms with van der Waals surface area (Å²) in [6, 6.07) is 12.0. The molecule has 0 saturated carbocycles. The molecule has 0 aliphatic rings. The number of benzene rings is 2. The van der Waals surface area contributed by atoms with Crippen molar-refractivity contribution < 1.29 is 17.7 Å². The Bertz CT molecular complexity index is 594. The Morgan fingerprint density at radius 1 is 1.00 bits per heavy atom. The third-order valence-electron chi connectivity index (χ3n) is 3.03. The lowest BCUT2D eigenvalue weighted by Crippen LogP contribution is -2.36. The van der Waals surface area contributed by atoms with Gasteiger partial charge >= 0.3 is 6.98 Å². The van der Waals surface area contributed by atoms with Crippen LogP contribution in [0.2, 0.25) is 0 Å². The van der Waals surface area contributed by atoms with Crippen LogP contribution in [0.4, 0.5) is 12.9 Å². The molecule has 2 rings (SSSR count). The predicted molar refractivity (Wildman–Crippen MR) is 75.4 cm³/mol. The minimum absolute atomic E-state index is 0.0630. The zero-order valence-corrected chi connectivity index (χ0v) is 11.4. The third-order valence-corrected chi connectivity index (χ3v) is 3.03. The molecule has 0 fully saturated rings. The highest BCUT2D eigenvalue weighted by atomic mass is 19.4. The number of rotatable bonds is 4. The molecule has 0 N–H and O–H groups in total. The van der Waals surface area contributed by atoms with Gasteiger partial charge in [-0.25, -0.2) is 0 Å². The van der Waals surface area contributed by atoms with Crippen molar-refractivity contribution in [2.45, 2.75) is 20.5 Å². The first-order valence-electron chi connectivity index (χ1n) is 6.36. The summed E-state index contributed by atoms with van der Waals surface area (Å²) in [6.07, 6.45) is 0. The fourth-order valence-corrected chi connectivity index (χ4v) is 2.16. The van der Waals surface area contributed by atoms with Crippen molar-refractivity contribution in [3.8, 4) is 5.75 Å². The van der Waals surface area contributed by atoms with Gasteiger partial charge in [-0.2, -0.15) is 0 Å². The maximum Gasteiger partial charge on any atom is 0.513 e. The molecule has 20 heavy (non-hydrogen) atoms. The third kappa shape index (κ3) is 3.35. The summed E-state index contributed by atoms with van der Waals surface area (Å²) >= 11 is 0. The SMILES string of the molecule is Cc1cc(C)c(OCc2ccccc2)c([B-](F)(F)F)c1. The molecule has 0 saturated heterocycles. The molecule has 5 heteroatoms. The summed E-state index contributed by atoms with van der Waals surface area (Å²) in [5.41, 5.74) is 1.28. The largest absolute Gasteiger partial charge is 0.513 e. The van der Waals surface area contributed by atoms with Crippen LogP contribution < -0.4 is 10.2 Å². The maximum atomic E-state index is 13.1. The first-order chi connectivity index (χ1) is 9.38. The second-order valence-electron chi connectivity index (χ2n) is 4.85. The monoisotopic (exact) mass is 279 g/mol. The van der Waals surface area contributed by atoms with Crippen molar-refractivity contribution >= 4 is 12.4 Å². The van der Waals surface area contributed by atoms with Crippen LogP contribution in [0.5, 0.6) is 5.75 Å². The van der Waals surface area contributed by atoms with Crippen molar-refractivity contribution in [2.75, 3.05) is 0 Å². The van der Waals surface area contributed by atoms with Crippen LogP contribution in [-0.4, -0.2) is 6.98 Å². The van der Waals surface area contributed by atoms with Gasteiger partial charge < -0.3 is 17.7 Å². The maximum absolute atomic E-state index is 13.1. The van der Waals surface area contributed by atoms with Gasteiger partial charge in [0.1, 0.15) is 6.61 Å². The minimum atomic E-state index is -5.08. The van der Waals surface area contributed by atoms with Crippen LogP contribution in [0, 0.1) is 13.8 Å². The molecule has 0 spiro atoms. The zero-order chi connectivity index (χ0) is 14.8. The fourth-order valence-electron chi connectivity index (χ4n) is 2.16. The predicted octanol–water partition coefficient (Wildman–Crippen LogP) is 3.94. The van der Waals surface area contributed by atoms with Crippen molar-refractivity contribution in [3.63, 3.8) is 0 Å². The van der Waals surface area contributed by atoms with Crippen LogP contribution in [0.15, 0.2) is 42.5 Å². The summed E-state index contributed by atoms with van der Waals surface area (Å²) in [7, 11) is 0. The van der Waals surface area contributed by atoms with Gasteiger partial charge in [-0.05, 0) is 25.0 Å². The van der Waals surface area contributed by atoms with E-state index in [1.165, 1.54) is 0 Å². The summed E-state index contributed by atoms with van der Waals surface area (Å²) in [5, 5.41) is 0. The lowest BCUT2D eigenvalue weighted by atomic mass is 9.77. The Labute approximate surface area is 116 Å². The Kier molecular flexibility index (Phi) is 4.07. The summed E-state index contributed by atoms with van der Waals surface area (Å²) in [5.74, 6) is -0.0630. The van der Waals surface area contributed by atoms with E-state index in [0.717, 1.165) is 11.6 Å². The molecule has 0 bridgehead atoms. The number of hydrogen-bond donors (Lipinski definition) is 0. The van der Waals surface area contributed by atoms with Gasteiger partial charge in [0.05, 0.1) is 5.75 Å². The molecule has 0 aliphatic carbocycles. The lowest BCUT2D eigenvalue weighted by Gasteiger charge is -2.22. The van der Waals surface area contributed by atoms with Gasteiger partial charge in [0.2, 0.25) is 0 Å². The highest BCUT2D eigenvalue weighted by molar-refractivity contribution is 6.74. The van der Waals surface area contributed by atoms with Crippen LogP contribution in [-0.2, 0) is 6.61 Å². The molecular formula is C15H15BF3O-. The number of ether oxygens (including phenoxy) is 1. The van der Waals surface area contributed by atoms with Gasteiger partial charge in [-0.15, -0.1) is 0 Å². The highest BCUT2D eigenvalue weighted by Gasteiger charge is 2.30. The molecular weight excluding hydrogens is 264 g/mol. The van der Waals surface area contributed by atoms with E-state index in [2.05, 4.69) is 0 Å². The van der Waals surface area contributed by atoms with E-state index in [4.69, 9.17) is 4.74 Å². The van der Waals surface area contributed by atoms with Crippen LogP contribution >= 0.6 is 0 Å². The molecule has 0 aliphatic heterocycles. The van der Waals surface area contributed by atoms with E-state index in [1.807, 2.05) is 30.3 Å². The molecule has 0 heterocycles. The zero-order valence-electron chi connectivity index (χ0n) is 11.4. The Hall–Kier alpha value is -1.91. The van der Waals surface area contributed by atoms with Crippen LogP contribution in [0.25, 0.3) is 0 Å². The molecule has 0 aromatic heterocycles. The van der Waals surface area contributed by atoms with E-state index < -0.39 is 12.4 Å². The highest BCUT2D eigenvalue weighted by Crippen LogP contribution is 2.24. The molecule has 0 unspecified atom stereocenters. The number of halogens is 3. The molecule has 0 atom stereocenters. The van der Waals surface area contributed by atoms with E-state index in [0.29, 0.717) is 11.1 Å².